The van der Waals surface area contributed by atoms with Crippen LogP contribution in [0.15, 0.2) is 17.3 Å². The van der Waals surface area contributed by atoms with E-state index in [1.165, 1.54) is 0 Å². The molecule has 8 heteroatoms. The molecule has 0 unspecified atom stereocenters. The van der Waals surface area contributed by atoms with Crippen molar-refractivity contribution in [1.29, 1.82) is 0 Å². The predicted molar refractivity (Wildman–Crippen MR) is 93.2 cm³/mol. The van der Waals surface area contributed by atoms with Crippen LogP contribution in [-0.4, -0.2) is 50.8 Å². The second-order valence-electron chi connectivity index (χ2n) is 4.39. The number of ether oxygens (including phenoxy) is 1. The molecule has 0 aliphatic carbocycles. The number of anilines is 1. The molecule has 6 nitrogen and oxygen atoms in total. The summed E-state index contributed by atoms with van der Waals surface area (Å²) in [7, 11) is 1.74. The number of aliphatic imine (C=N–C) groups is 1. The Hall–Kier alpha value is -1.24. The van der Waals surface area contributed by atoms with Crippen molar-refractivity contribution in [3.05, 3.63) is 22.3 Å². The van der Waals surface area contributed by atoms with Crippen molar-refractivity contribution in [2.24, 2.45) is 4.99 Å². The summed E-state index contributed by atoms with van der Waals surface area (Å²) in [6.45, 7) is 5.66. The van der Waals surface area contributed by atoms with E-state index in [-0.39, 0.29) is 0 Å². The van der Waals surface area contributed by atoms with Crippen LogP contribution in [0.5, 0.6) is 0 Å². The maximum Gasteiger partial charge on any atom is 0.191 e. The minimum absolute atomic E-state index is 0.505. The molecular formula is C14H23Cl2N5O. The van der Waals surface area contributed by atoms with Crippen LogP contribution in [0.1, 0.15) is 13.3 Å². The molecule has 0 spiro atoms. The molecule has 1 aromatic heterocycles. The van der Waals surface area contributed by atoms with Crippen LogP contribution in [0.2, 0.25) is 10.0 Å². The van der Waals surface area contributed by atoms with Crippen molar-refractivity contribution >= 4 is 35.0 Å². The number of aromatic nitrogens is 1. The first-order chi connectivity index (χ1) is 10.7. The second-order valence-corrected chi connectivity index (χ2v) is 5.23. The minimum atomic E-state index is 0.505. The molecule has 3 N–H and O–H groups in total. The zero-order valence-electron chi connectivity index (χ0n) is 13.0. The topological polar surface area (TPSA) is 70.6 Å². The zero-order chi connectivity index (χ0) is 16.2. The van der Waals surface area contributed by atoms with Crippen molar-refractivity contribution in [2.45, 2.75) is 13.3 Å². The molecule has 0 atom stereocenters. The van der Waals surface area contributed by atoms with Gasteiger partial charge in [-0.3, -0.25) is 4.99 Å². The largest absolute Gasteiger partial charge is 0.382 e. The third-order valence-corrected chi connectivity index (χ3v) is 3.20. The summed E-state index contributed by atoms with van der Waals surface area (Å²) < 4.78 is 5.28. The van der Waals surface area contributed by atoms with Crippen LogP contribution in [-0.2, 0) is 4.74 Å². The number of rotatable bonds is 9. The molecule has 0 fully saturated rings. The van der Waals surface area contributed by atoms with Gasteiger partial charge in [0, 0.05) is 46.1 Å². The van der Waals surface area contributed by atoms with Crippen molar-refractivity contribution < 1.29 is 4.74 Å². The van der Waals surface area contributed by atoms with E-state index in [0.29, 0.717) is 29.0 Å². The van der Waals surface area contributed by atoms with Gasteiger partial charge < -0.3 is 20.7 Å². The highest BCUT2D eigenvalue weighted by atomic mass is 35.5. The number of nitrogens with one attached hydrogen (secondary N) is 3. The van der Waals surface area contributed by atoms with Gasteiger partial charge >= 0.3 is 0 Å². The number of hydrogen-bond acceptors (Lipinski definition) is 4. The Morgan fingerprint density at radius 2 is 2.05 bits per heavy atom. The van der Waals surface area contributed by atoms with E-state index in [0.717, 1.165) is 32.1 Å². The van der Waals surface area contributed by atoms with Gasteiger partial charge in [-0.1, -0.05) is 23.2 Å². The van der Waals surface area contributed by atoms with Crippen LogP contribution < -0.4 is 16.0 Å². The van der Waals surface area contributed by atoms with Crippen LogP contribution in [0.4, 0.5) is 5.82 Å². The zero-order valence-corrected chi connectivity index (χ0v) is 14.5. The van der Waals surface area contributed by atoms with E-state index in [2.05, 4.69) is 25.9 Å². The standard InChI is InChI=1S/C14H23Cl2N5O/c1-3-22-8-4-5-19-14(17-2)20-7-6-18-13-12(16)9-11(15)10-21-13/h9-10H,3-8H2,1-2H3,(H,18,21)(H2,17,19,20). The smallest absolute Gasteiger partial charge is 0.191 e. The first kappa shape index (κ1) is 18.8. The summed E-state index contributed by atoms with van der Waals surface area (Å²) in [6, 6.07) is 1.66. The number of pyridine rings is 1. The number of nitrogens with zero attached hydrogens (tertiary/aromatic N) is 2. The normalized spacial score (nSPS) is 11.4. The van der Waals surface area contributed by atoms with Crippen molar-refractivity contribution in [3.8, 4) is 0 Å². The summed E-state index contributed by atoms with van der Waals surface area (Å²) >= 11 is 11.8. The van der Waals surface area contributed by atoms with Crippen molar-refractivity contribution in [3.63, 3.8) is 0 Å². The first-order valence-corrected chi connectivity index (χ1v) is 8.00. The highest BCUT2D eigenvalue weighted by Gasteiger charge is 2.02. The molecule has 1 aromatic rings. The van der Waals surface area contributed by atoms with Gasteiger partial charge in [-0.2, -0.15) is 0 Å². The summed E-state index contributed by atoms with van der Waals surface area (Å²) in [6.07, 6.45) is 2.50. The van der Waals surface area contributed by atoms with Gasteiger partial charge in [0.25, 0.3) is 0 Å². The Bertz CT molecular complexity index is 471. The maximum absolute atomic E-state index is 6.03. The molecule has 124 valence electrons. The molecule has 0 radical (unpaired) electrons. The molecule has 1 rings (SSSR count). The van der Waals surface area contributed by atoms with E-state index >= 15 is 0 Å². The highest BCUT2D eigenvalue weighted by molar-refractivity contribution is 6.35. The van der Waals surface area contributed by atoms with Crippen LogP contribution in [0.25, 0.3) is 0 Å². The number of halogens is 2. The maximum atomic E-state index is 6.03. The first-order valence-electron chi connectivity index (χ1n) is 7.24. The predicted octanol–water partition coefficient (Wildman–Crippen LogP) is 2.39. The summed E-state index contributed by atoms with van der Waals surface area (Å²) in [4.78, 5) is 8.28. The molecule has 22 heavy (non-hydrogen) atoms. The van der Waals surface area contributed by atoms with E-state index in [1.807, 2.05) is 6.92 Å². The quantitative estimate of drug-likeness (QED) is 0.363. The second kappa shape index (κ2) is 11.3. The van der Waals surface area contributed by atoms with E-state index in [9.17, 15) is 0 Å². The van der Waals surface area contributed by atoms with Gasteiger partial charge in [0.05, 0.1) is 10.0 Å². The van der Waals surface area contributed by atoms with E-state index in [4.69, 9.17) is 27.9 Å². The van der Waals surface area contributed by atoms with Gasteiger partial charge in [0.15, 0.2) is 5.96 Å². The minimum Gasteiger partial charge on any atom is -0.382 e. The van der Waals surface area contributed by atoms with E-state index in [1.54, 1.807) is 19.3 Å². The van der Waals surface area contributed by atoms with Gasteiger partial charge in [-0.05, 0) is 19.4 Å². The molecule has 0 saturated carbocycles. The highest BCUT2D eigenvalue weighted by Crippen LogP contribution is 2.21. The molecule has 0 bridgehead atoms. The Labute approximate surface area is 141 Å². The molecular weight excluding hydrogens is 325 g/mol. The van der Waals surface area contributed by atoms with Crippen molar-refractivity contribution in [2.75, 3.05) is 45.2 Å². The average Bonchev–Trinajstić information content (AvgIpc) is 2.51. The van der Waals surface area contributed by atoms with Crippen molar-refractivity contribution in [1.82, 2.24) is 15.6 Å². The average molecular weight is 348 g/mol. The lowest BCUT2D eigenvalue weighted by Gasteiger charge is -2.13. The lowest BCUT2D eigenvalue weighted by Crippen LogP contribution is -2.40. The molecule has 0 amide bonds. The van der Waals surface area contributed by atoms with Gasteiger partial charge in [-0.25, -0.2) is 4.98 Å². The van der Waals surface area contributed by atoms with Gasteiger partial charge in [-0.15, -0.1) is 0 Å². The molecule has 0 saturated heterocycles. The lowest BCUT2D eigenvalue weighted by atomic mass is 10.4. The van der Waals surface area contributed by atoms with Crippen LogP contribution >= 0.6 is 23.2 Å². The molecule has 0 aromatic carbocycles. The van der Waals surface area contributed by atoms with Gasteiger partial charge in [0.1, 0.15) is 5.82 Å². The Morgan fingerprint density at radius 3 is 2.73 bits per heavy atom. The molecule has 0 aliphatic heterocycles. The molecule has 1 heterocycles. The summed E-state index contributed by atoms with van der Waals surface area (Å²) in [5, 5.41) is 10.6. The van der Waals surface area contributed by atoms with Gasteiger partial charge in [0.2, 0.25) is 0 Å². The lowest BCUT2D eigenvalue weighted by molar-refractivity contribution is 0.145. The van der Waals surface area contributed by atoms with Crippen LogP contribution in [0, 0.1) is 0 Å². The monoisotopic (exact) mass is 347 g/mol. The summed E-state index contributed by atoms with van der Waals surface area (Å²) in [5.41, 5.74) is 0. The third kappa shape index (κ3) is 7.68. The summed E-state index contributed by atoms with van der Waals surface area (Å²) in [5.74, 6) is 1.38. The van der Waals surface area contributed by atoms with E-state index < -0.39 is 0 Å². The number of hydrogen-bond donors (Lipinski definition) is 3. The van der Waals surface area contributed by atoms with Crippen LogP contribution in [0.3, 0.4) is 0 Å². The fourth-order valence-electron chi connectivity index (χ4n) is 1.65. The Balaban J connectivity index is 2.19. The fraction of sp³-hybridized carbons (Fsp3) is 0.571. The SMILES string of the molecule is CCOCCCNC(=NC)NCCNc1ncc(Cl)cc1Cl. The number of guanidine groups is 1. The molecule has 0 aliphatic rings. The Morgan fingerprint density at radius 1 is 1.27 bits per heavy atom. The third-order valence-electron chi connectivity index (χ3n) is 2.70. The fourth-order valence-corrected chi connectivity index (χ4v) is 2.10. The Kier molecular flexibility index (Phi) is 9.70.